The maximum absolute atomic E-state index is 11.6. The minimum absolute atomic E-state index is 0.0822. The van der Waals surface area contributed by atoms with Crippen molar-refractivity contribution in [3.8, 4) is 5.69 Å². The molecule has 2 aromatic rings. The Kier molecular flexibility index (Phi) is 4.81. The van der Waals surface area contributed by atoms with Gasteiger partial charge in [-0.1, -0.05) is 32.0 Å². The zero-order valence-corrected chi connectivity index (χ0v) is 11.7. The molecule has 0 atom stereocenters. The van der Waals surface area contributed by atoms with Crippen LogP contribution < -0.4 is 0 Å². The number of hydrogen-bond acceptors (Lipinski definition) is 5. The first-order chi connectivity index (χ1) is 9.66. The smallest absolute Gasteiger partial charge is 0.306 e. The third-order valence-electron chi connectivity index (χ3n) is 2.82. The lowest BCUT2D eigenvalue weighted by Crippen LogP contribution is -2.10. The molecule has 6 heteroatoms. The van der Waals surface area contributed by atoms with Crippen LogP contribution >= 0.6 is 0 Å². The fourth-order valence-corrected chi connectivity index (χ4v) is 1.69. The Morgan fingerprint density at radius 1 is 1.30 bits per heavy atom. The number of nitrogens with zero attached hydrogens (tertiary/aromatic N) is 4. The molecule has 1 aromatic carbocycles. The van der Waals surface area contributed by atoms with Crippen molar-refractivity contribution >= 4 is 5.97 Å². The van der Waals surface area contributed by atoms with Gasteiger partial charge in [0.15, 0.2) is 12.4 Å². The van der Waals surface area contributed by atoms with Gasteiger partial charge in [0.2, 0.25) is 0 Å². The van der Waals surface area contributed by atoms with Crippen LogP contribution in [0, 0.1) is 5.92 Å². The van der Waals surface area contributed by atoms with E-state index >= 15 is 0 Å². The minimum Gasteiger partial charge on any atom is -0.457 e. The summed E-state index contributed by atoms with van der Waals surface area (Å²) in [6.07, 6.45) is 1.24. The molecule has 0 N–H and O–H groups in total. The summed E-state index contributed by atoms with van der Waals surface area (Å²) in [5.41, 5.74) is 0.839. The van der Waals surface area contributed by atoms with Gasteiger partial charge in [-0.25, -0.2) is 0 Å². The van der Waals surface area contributed by atoms with Gasteiger partial charge >= 0.3 is 5.97 Å². The average molecular weight is 274 g/mol. The lowest BCUT2D eigenvalue weighted by atomic mass is 10.1. The highest BCUT2D eigenvalue weighted by Gasteiger charge is 2.11. The first kappa shape index (κ1) is 14.2. The standard InChI is InChI=1S/C14H18N4O2/c1-11(2)8-9-14(19)20-10-13-15-16-17-18(13)12-6-4-3-5-7-12/h3-7,11H,8-10H2,1-2H3. The summed E-state index contributed by atoms with van der Waals surface area (Å²) < 4.78 is 6.76. The number of hydrogen-bond donors (Lipinski definition) is 0. The molecule has 0 radical (unpaired) electrons. The number of benzene rings is 1. The topological polar surface area (TPSA) is 69.9 Å². The van der Waals surface area contributed by atoms with E-state index < -0.39 is 0 Å². The van der Waals surface area contributed by atoms with E-state index in [0.29, 0.717) is 18.2 Å². The lowest BCUT2D eigenvalue weighted by Gasteiger charge is -2.07. The van der Waals surface area contributed by atoms with Gasteiger partial charge in [0, 0.05) is 6.42 Å². The molecule has 0 aliphatic carbocycles. The predicted octanol–water partition coefficient (Wildman–Crippen LogP) is 2.14. The van der Waals surface area contributed by atoms with E-state index in [0.717, 1.165) is 12.1 Å². The zero-order chi connectivity index (χ0) is 14.4. The number of rotatable bonds is 6. The normalized spacial score (nSPS) is 10.8. The van der Waals surface area contributed by atoms with Crippen molar-refractivity contribution in [2.45, 2.75) is 33.3 Å². The highest BCUT2D eigenvalue weighted by molar-refractivity contribution is 5.69. The summed E-state index contributed by atoms with van der Waals surface area (Å²) in [6.45, 7) is 4.23. The number of carbonyl (C=O) groups excluding carboxylic acids is 1. The van der Waals surface area contributed by atoms with Gasteiger partial charge < -0.3 is 4.74 Å². The van der Waals surface area contributed by atoms with Gasteiger partial charge in [-0.15, -0.1) is 5.10 Å². The van der Waals surface area contributed by atoms with E-state index in [1.807, 2.05) is 30.3 Å². The number of aromatic nitrogens is 4. The van der Waals surface area contributed by atoms with Crippen molar-refractivity contribution in [2.24, 2.45) is 5.92 Å². The predicted molar refractivity (Wildman–Crippen MR) is 73.0 cm³/mol. The molecule has 0 fully saturated rings. The van der Waals surface area contributed by atoms with E-state index in [1.54, 1.807) is 4.68 Å². The molecule has 0 unspecified atom stereocenters. The number of esters is 1. The maximum Gasteiger partial charge on any atom is 0.306 e. The Morgan fingerprint density at radius 2 is 2.05 bits per heavy atom. The highest BCUT2D eigenvalue weighted by atomic mass is 16.5. The summed E-state index contributed by atoms with van der Waals surface area (Å²) in [4.78, 5) is 11.6. The Bertz CT molecular complexity index is 551. The number of para-hydroxylation sites is 1. The van der Waals surface area contributed by atoms with Gasteiger partial charge in [0.05, 0.1) is 5.69 Å². The summed E-state index contributed by atoms with van der Waals surface area (Å²) in [5.74, 6) is 0.771. The van der Waals surface area contributed by atoms with Crippen molar-refractivity contribution in [3.05, 3.63) is 36.2 Å². The van der Waals surface area contributed by atoms with E-state index in [-0.39, 0.29) is 12.6 Å². The number of carbonyl (C=O) groups is 1. The van der Waals surface area contributed by atoms with Crippen LogP contribution in [0.2, 0.25) is 0 Å². The molecule has 20 heavy (non-hydrogen) atoms. The summed E-state index contributed by atoms with van der Waals surface area (Å²) in [7, 11) is 0. The third-order valence-corrected chi connectivity index (χ3v) is 2.82. The summed E-state index contributed by atoms with van der Waals surface area (Å²) in [5, 5.41) is 11.4. The van der Waals surface area contributed by atoms with Crippen molar-refractivity contribution in [1.82, 2.24) is 20.2 Å². The largest absolute Gasteiger partial charge is 0.457 e. The van der Waals surface area contributed by atoms with Crippen molar-refractivity contribution in [3.63, 3.8) is 0 Å². The fourth-order valence-electron chi connectivity index (χ4n) is 1.69. The second kappa shape index (κ2) is 6.79. The SMILES string of the molecule is CC(C)CCC(=O)OCc1nnnn1-c1ccccc1. The van der Waals surface area contributed by atoms with Gasteiger partial charge in [0.1, 0.15) is 0 Å². The Hall–Kier alpha value is -2.24. The first-order valence-electron chi connectivity index (χ1n) is 6.65. The highest BCUT2D eigenvalue weighted by Crippen LogP contribution is 2.09. The molecular weight excluding hydrogens is 256 g/mol. The first-order valence-corrected chi connectivity index (χ1v) is 6.65. The lowest BCUT2D eigenvalue weighted by molar-refractivity contribution is -0.145. The molecule has 0 bridgehead atoms. The summed E-state index contributed by atoms with van der Waals surface area (Å²) >= 11 is 0. The average Bonchev–Trinajstić information content (AvgIpc) is 2.92. The molecule has 1 heterocycles. The number of tetrazole rings is 1. The van der Waals surface area contributed by atoms with E-state index in [2.05, 4.69) is 29.4 Å². The van der Waals surface area contributed by atoms with Gasteiger partial charge in [-0.2, -0.15) is 4.68 Å². The molecule has 1 aromatic heterocycles. The molecule has 106 valence electrons. The van der Waals surface area contributed by atoms with Crippen LogP contribution in [-0.4, -0.2) is 26.2 Å². The minimum atomic E-state index is -0.221. The molecule has 0 amide bonds. The second-order valence-corrected chi connectivity index (χ2v) is 4.94. The fraction of sp³-hybridized carbons (Fsp3) is 0.429. The molecule has 0 saturated heterocycles. The van der Waals surface area contributed by atoms with Crippen LogP contribution in [0.15, 0.2) is 30.3 Å². The zero-order valence-electron chi connectivity index (χ0n) is 11.7. The molecule has 2 rings (SSSR count). The number of ether oxygens (including phenoxy) is 1. The van der Waals surface area contributed by atoms with Crippen LogP contribution in [-0.2, 0) is 16.1 Å². The van der Waals surface area contributed by atoms with E-state index in [4.69, 9.17) is 4.74 Å². The van der Waals surface area contributed by atoms with E-state index in [9.17, 15) is 4.79 Å². The van der Waals surface area contributed by atoms with Crippen LogP contribution in [0.25, 0.3) is 5.69 Å². The molecule has 6 nitrogen and oxygen atoms in total. The molecular formula is C14H18N4O2. The van der Waals surface area contributed by atoms with Crippen molar-refractivity contribution in [2.75, 3.05) is 0 Å². The van der Waals surface area contributed by atoms with E-state index in [1.165, 1.54) is 0 Å². The van der Waals surface area contributed by atoms with Gasteiger partial charge in [0.25, 0.3) is 0 Å². The Balaban J connectivity index is 1.95. The van der Waals surface area contributed by atoms with Crippen molar-refractivity contribution in [1.29, 1.82) is 0 Å². The monoisotopic (exact) mass is 274 g/mol. The summed E-state index contributed by atoms with van der Waals surface area (Å²) in [6, 6.07) is 9.49. The van der Waals surface area contributed by atoms with Crippen LogP contribution in [0.4, 0.5) is 0 Å². The van der Waals surface area contributed by atoms with Crippen LogP contribution in [0.3, 0.4) is 0 Å². The van der Waals surface area contributed by atoms with Crippen LogP contribution in [0.5, 0.6) is 0 Å². The Labute approximate surface area is 117 Å². The van der Waals surface area contributed by atoms with Gasteiger partial charge in [-0.3, -0.25) is 4.79 Å². The van der Waals surface area contributed by atoms with Crippen LogP contribution in [0.1, 0.15) is 32.5 Å². The molecule has 0 saturated carbocycles. The Morgan fingerprint density at radius 3 is 2.75 bits per heavy atom. The quantitative estimate of drug-likeness (QED) is 0.755. The maximum atomic E-state index is 11.6. The van der Waals surface area contributed by atoms with Gasteiger partial charge in [-0.05, 0) is 34.9 Å². The molecule has 0 spiro atoms. The molecule has 0 aliphatic heterocycles. The third kappa shape index (κ3) is 3.88. The van der Waals surface area contributed by atoms with Crippen molar-refractivity contribution < 1.29 is 9.53 Å². The molecule has 0 aliphatic rings. The second-order valence-electron chi connectivity index (χ2n) is 4.94.